The second kappa shape index (κ2) is 5.03. The maximum atomic E-state index is 12.2. The van der Waals surface area contributed by atoms with Gasteiger partial charge in [-0.2, -0.15) is 0 Å². The van der Waals surface area contributed by atoms with E-state index in [2.05, 4.69) is 0 Å². The van der Waals surface area contributed by atoms with Gasteiger partial charge >= 0.3 is 0 Å². The number of hydrogen-bond donors (Lipinski definition) is 1. The van der Waals surface area contributed by atoms with Crippen molar-refractivity contribution in [2.75, 3.05) is 0 Å². The molecule has 0 aliphatic heterocycles. The van der Waals surface area contributed by atoms with Crippen LogP contribution in [0.5, 0.6) is 0 Å². The maximum Gasteiger partial charge on any atom is 0.167 e. The van der Waals surface area contributed by atoms with Crippen molar-refractivity contribution in [1.82, 2.24) is 0 Å². The lowest BCUT2D eigenvalue weighted by Crippen LogP contribution is -2.27. The van der Waals surface area contributed by atoms with E-state index in [0.717, 1.165) is 12.8 Å². The molecule has 0 bridgehead atoms. The number of Topliss-reactive ketones (excluding diaryl/α,β-unsaturated/α-hetero) is 1. The molecule has 0 radical (unpaired) electrons. The van der Waals surface area contributed by atoms with Gasteiger partial charge in [-0.3, -0.25) is 4.79 Å². The van der Waals surface area contributed by atoms with Crippen molar-refractivity contribution < 1.29 is 9.90 Å². The smallest absolute Gasteiger partial charge is 0.167 e. The molecule has 0 aromatic rings. The normalized spacial score (nSPS) is 14.7. The van der Waals surface area contributed by atoms with Crippen LogP contribution in [0.4, 0.5) is 0 Å². The number of ketones is 1. The summed E-state index contributed by atoms with van der Waals surface area (Å²) in [5, 5.41) is 10.1. The molecule has 0 heterocycles. The van der Waals surface area contributed by atoms with Crippen LogP contribution in [0, 0.1) is 10.8 Å². The molecule has 94 valence electrons. The van der Waals surface area contributed by atoms with E-state index in [4.69, 9.17) is 0 Å². The lowest BCUT2D eigenvalue weighted by atomic mass is 9.78. The zero-order valence-corrected chi connectivity index (χ0v) is 11.8. The molecule has 2 heteroatoms. The number of allylic oxidation sites excluding steroid dienone is 2. The van der Waals surface area contributed by atoms with Gasteiger partial charge in [0.25, 0.3) is 0 Å². The molecular weight excluding hydrogens is 200 g/mol. The molecule has 0 rings (SSSR count). The molecule has 0 spiro atoms. The summed E-state index contributed by atoms with van der Waals surface area (Å²) in [7, 11) is 0. The Labute approximate surface area is 99.7 Å². The Morgan fingerprint density at radius 2 is 1.38 bits per heavy atom. The summed E-state index contributed by atoms with van der Waals surface area (Å²) in [5.74, 6) is 0.288. The number of hydrogen-bond acceptors (Lipinski definition) is 2. The van der Waals surface area contributed by atoms with Crippen LogP contribution in [0.2, 0.25) is 0 Å². The van der Waals surface area contributed by atoms with Crippen molar-refractivity contribution in [2.24, 2.45) is 10.8 Å². The van der Waals surface area contributed by atoms with Crippen LogP contribution in [0.25, 0.3) is 0 Å². The molecule has 0 unspecified atom stereocenters. The first-order valence-electron chi connectivity index (χ1n) is 6.05. The van der Waals surface area contributed by atoms with Gasteiger partial charge < -0.3 is 5.11 Å². The van der Waals surface area contributed by atoms with Gasteiger partial charge in [0.05, 0.1) is 0 Å². The molecule has 0 atom stereocenters. The van der Waals surface area contributed by atoms with Crippen molar-refractivity contribution >= 4 is 5.78 Å². The average molecular weight is 226 g/mol. The van der Waals surface area contributed by atoms with E-state index >= 15 is 0 Å². The van der Waals surface area contributed by atoms with Gasteiger partial charge in [0, 0.05) is 16.4 Å². The molecule has 16 heavy (non-hydrogen) atoms. The van der Waals surface area contributed by atoms with Crippen LogP contribution in [-0.2, 0) is 4.79 Å². The summed E-state index contributed by atoms with van der Waals surface area (Å²) in [5.41, 5.74) is -0.190. The highest BCUT2D eigenvalue weighted by Crippen LogP contribution is 2.33. The van der Waals surface area contributed by atoms with Gasteiger partial charge in [0.15, 0.2) is 5.78 Å². The SMILES string of the molecule is CCC(C)(C)C(=O)C(C)=C(O)C(C)(C)CC. The van der Waals surface area contributed by atoms with Crippen molar-refractivity contribution in [3.8, 4) is 0 Å². The molecule has 0 saturated heterocycles. The summed E-state index contributed by atoms with van der Waals surface area (Å²) < 4.78 is 0. The molecular formula is C14H26O2. The average Bonchev–Trinajstić information content (AvgIpc) is 2.25. The third kappa shape index (κ3) is 3.10. The van der Waals surface area contributed by atoms with E-state index in [1.165, 1.54) is 0 Å². The predicted octanol–water partition coefficient (Wildman–Crippen LogP) is 4.26. The third-order valence-corrected chi connectivity index (χ3v) is 3.72. The maximum absolute atomic E-state index is 12.2. The Morgan fingerprint density at radius 3 is 1.69 bits per heavy atom. The fourth-order valence-corrected chi connectivity index (χ4v) is 1.45. The lowest BCUT2D eigenvalue weighted by molar-refractivity contribution is -0.123. The van der Waals surface area contributed by atoms with E-state index < -0.39 is 0 Å². The number of carbonyl (C=O) groups is 1. The van der Waals surface area contributed by atoms with Crippen LogP contribution < -0.4 is 0 Å². The van der Waals surface area contributed by atoms with Crippen molar-refractivity contribution in [3.63, 3.8) is 0 Å². The van der Waals surface area contributed by atoms with Crippen LogP contribution in [0.1, 0.15) is 61.3 Å². The fourth-order valence-electron chi connectivity index (χ4n) is 1.45. The van der Waals surface area contributed by atoms with E-state index in [1.54, 1.807) is 6.92 Å². The number of rotatable bonds is 5. The van der Waals surface area contributed by atoms with E-state index in [1.807, 2.05) is 41.5 Å². The van der Waals surface area contributed by atoms with Gasteiger partial charge in [-0.25, -0.2) is 0 Å². The largest absolute Gasteiger partial charge is 0.511 e. The molecule has 0 saturated carbocycles. The Kier molecular flexibility index (Phi) is 4.78. The Hall–Kier alpha value is -0.790. The zero-order chi connectivity index (χ0) is 13.1. The van der Waals surface area contributed by atoms with Crippen LogP contribution in [-0.4, -0.2) is 10.9 Å². The van der Waals surface area contributed by atoms with Gasteiger partial charge in [-0.05, 0) is 19.8 Å². The van der Waals surface area contributed by atoms with Gasteiger partial charge in [-0.1, -0.05) is 41.5 Å². The quantitative estimate of drug-likeness (QED) is 0.562. The van der Waals surface area contributed by atoms with Crippen molar-refractivity contribution in [3.05, 3.63) is 11.3 Å². The summed E-state index contributed by atoms with van der Waals surface area (Å²) >= 11 is 0. The van der Waals surface area contributed by atoms with Crippen molar-refractivity contribution in [2.45, 2.75) is 61.3 Å². The predicted molar refractivity (Wildman–Crippen MR) is 68.5 cm³/mol. The molecule has 0 aromatic heterocycles. The number of carbonyl (C=O) groups excluding carboxylic acids is 1. The van der Waals surface area contributed by atoms with Gasteiger partial charge in [0.2, 0.25) is 0 Å². The molecule has 0 amide bonds. The first kappa shape index (κ1) is 15.2. The number of aliphatic hydroxyl groups excluding tert-OH is 1. The number of aliphatic hydroxyl groups is 1. The molecule has 1 N–H and O–H groups in total. The Bertz CT molecular complexity index is 296. The highest BCUT2D eigenvalue weighted by molar-refractivity contribution is 5.99. The second-order valence-corrected chi connectivity index (χ2v) is 5.78. The van der Waals surface area contributed by atoms with E-state index in [9.17, 15) is 9.90 Å². The monoisotopic (exact) mass is 226 g/mol. The lowest BCUT2D eigenvalue weighted by Gasteiger charge is -2.27. The van der Waals surface area contributed by atoms with Crippen LogP contribution in [0.3, 0.4) is 0 Å². The topological polar surface area (TPSA) is 37.3 Å². The molecule has 0 aliphatic carbocycles. The summed E-state index contributed by atoms with van der Waals surface area (Å²) in [4.78, 5) is 12.2. The highest BCUT2D eigenvalue weighted by atomic mass is 16.3. The summed E-state index contributed by atoms with van der Waals surface area (Å²) in [6.45, 7) is 13.5. The standard InChI is InChI=1S/C14H26O2/c1-8-13(4,5)11(15)10(3)12(16)14(6,7)9-2/h15H,8-9H2,1-7H3. The van der Waals surface area contributed by atoms with E-state index in [-0.39, 0.29) is 22.4 Å². The summed E-state index contributed by atoms with van der Waals surface area (Å²) in [6.07, 6.45) is 1.60. The van der Waals surface area contributed by atoms with Crippen molar-refractivity contribution in [1.29, 1.82) is 0 Å². The van der Waals surface area contributed by atoms with Gasteiger partial charge in [-0.15, -0.1) is 0 Å². The minimum atomic E-state index is -0.387. The minimum absolute atomic E-state index is 0.0500. The van der Waals surface area contributed by atoms with Crippen LogP contribution >= 0.6 is 0 Å². The molecule has 0 aromatic carbocycles. The third-order valence-electron chi connectivity index (χ3n) is 3.72. The Morgan fingerprint density at radius 1 is 1.00 bits per heavy atom. The highest BCUT2D eigenvalue weighted by Gasteiger charge is 2.31. The first-order valence-corrected chi connectivity index (χ1v) is 6.05. The van der Waals surface area contributed by atoms with Gasteiger partial charge in [0.1, 0.15) is 5.76 Å². The molecule has 0 aliphatic rings. The fraction of sp³-hybridized carbons (Fsp3) is 0.786. The Balaban J connectivity index is 5.27. The minimum Gasteiger partial charge on any atom is -0.511 e. The first-order chi connectivity index (χ1) is 7.10. The molecule has 0 fully saturated rings. The van der Waals surface area contributed by atoms with Crippen LogP contribution in [0.15, 0.2) is 11.3 Å². The molecule has 2 nitrogen and oxygen atoms in total. The zero-order valence-electron chi connectivity index (χ0n) is 11.8. The summed E-state index contributed by atoms with van der Waals surface area (Å²) in [6, 6.07) is 0. The van der Waals surface area contributed by atoms with E-state index in [0.29, 0.717) is 5.57 Å². The second-order valence-electron chi connectivity index (χ2n) is 5.78.